The summed E-state index contributed by atoms with van der Waals surface area (Å²) in [6.07, 6.45) is 2.23. The molecule has 90 valence electrons. The molecule has 0 aliphatic heterocycles. The van der Waals surface area contributed by atoms with Crippen molar-refractivity contribution in [3.05, 3.63) is 24.1 Å². The molecule has 1 aliphatic carbocycles. The van der Waals surface area contributed by atoms with E-state index in [-0.39, 0.29) is 12.0 Å². The first-order valence-electron chi connectivity index (χ1n) is 5.93. The lowest BCUT2D eigenvalue weighted by molar-refractivity contribution is 0.220. The van der Waals surface area contributed by atoms with Crippen molar-refractivity contribution in [3.63, 3.8) is 0 Å². The Balaban J connectivity index is 1.76. The lowest BCUT2D eigenvalue weighted by atomic mass is 10.1. The number of hydrogen-bond donors (Lipinski definition) is 2. The molecular formula is C13H16N2O2. The maximum absolute atomic E-state index is 9.24. The highest BCUT2D eigenvalue weighted by atomic mass is 16.3. The summed E-state index contributed by atoms with van der Waals surface area (Å²) in [5.74, 6) is 0.686. The van der Waals surface area contributed by atoms with Crippen LogP contribution in [0.1, 0.15) is 18.7 Å². The van der Waals surface area contributed by atoms with E-state index in [9.17, 15) is 5.11 Å². The smallest absolute Gasteiger partial charge is 0.192 e. The van der Waals surface area contributed by atoms with E-state index < -0.39 is 0 Å². The fourth-order valence-electron chi connectivity index (χ4n) is 2.01. The predicted molar refractivity (Wildman–Crippen MR) is 66.0 cm³/mol. The number of aryl methyl sites for hydroxylation is 1. The number of aromatic nitrogens is 1. The summed E-state index contributed by atoms with van der Waals surface area (Å²) in [4.78, 5) is 4.30. The molecular weight excluding hydrogens is 216 g/mol. The molecule has 1 heterocycles. The van der Waals surface area contributed by atoms with Crippen LogP contribution in [0.5, 0.6) is 0 Å². The highest BCUT2D eigenvalue weighted by Gasteiger charge is 2.41. The van der Waals surface area contributed by atoms with E-state index >= 15 is 0 Å². The Kier molecular flexibility index (Phi) is 2.33. The standard InChI is InChI=1S/C13H16N2O2/c1-9-15-11-6-10(2-3-12(11)17-9)14-7-13(8-16)4-5-13/h2-3,6,14,16H,4-5,7-8H2,1H3. The van der Waals surface area contributed by atoms with E-state index in [2.05, 4.69) is 10.3 Å². The third-order valence-electron chi connectivity index (χ3n) is 3.45. The second kappa shape index (κ2) is 3.74. The number of rotatable bonds is 4. The van der Waals surface area contributed by atoms with Crippen LogP contribution >= 0.6 is 0 Å². The van der Waals surface area contributed by atoms with Crippen LogP contribution in [0.25, 0.3) is 11.1 Å². The van der Waals surface area contributed by atoms with Gasteiger partial charge in [-0.3, -0.25) is 0 Å². The minimum Gasteiger partial charge on any atom is -0.441 e. The lowest BCUT2D eigenvalue weighted by Crippen LogP contribution is -2.18. The van der Waals surface area contributed by atoms with Gasteiger partial charge in [0.25, 0.3) is 0 Å². The van der Waals surface area contributed by atoms with Crippen LogP contribution in [0, 0.1) is 12.3 Å². The van der Waals surface area contributed by atoms with Crippen LogP contribution in [0.3, 0.4) is 0 Å². The van der Waals surface area contributed by atoms with Gasteiger partial charge in [0, 0.05) is 24.6 Å². The van der Waals surface area contributed by atoms with Gasteiger partial charge in [0.2, 0.25) is 0 Å². The van der Waals surface area contributed by atoms with Crippen LogP contribution in [-0.2, 0) is 0 Å². The summed E-state index contributed by atoms with van der Waals surface area (Å²) in [7, 11) is 0. The van der Waals surface area contributed by atoms with Gasteiger partial charge >= 0.3 is 0 Å². The van der Waals surface area contributed by atoms with Gasteiger partial charge in [-0.15, -0.1) is 0 Å². The molecule has 17 heavy (non-hydrogen) atoms. The number of anilines is 1. The topological polar surface area (TPSA) is 58.3 Å². The monoisotopic (exact) mass is 232 g/mol. The highest BCUT2D eigenvalue weighted by molar-refractivity contribution is 5.77. The molecule has 4 nitrogen and oxygen atoms in total. The number of aliphatic hydroxyl groups excluding tert-OH is 1. The Morgan fingerprint density at radius 2 is 2.29 bits per heavy atom. The number of fused-ring (bicyclic) bond motifs is 1. The average Bonchev–Trinajstić information content (AvgIpc) is 3.01. The molecule has 0 atom stereocenters. The van der Waals surface area contributed by atoms with Crippen molar-refractivity contribution in [2.45, 2.75) is 19.8 Å². The number of aliphatic hydroxyl groups is 1. The van der Waals surface area contributed by atoms with E-state index in [4.69, 9.17) is 4.42 Å². The predicted octanol–water partition coefficient (Wildman–Crippen LogP) is 2.32. The van der Waals surface area contributed by atoms with Crippen LogP contribution in [-0.4, -0.2) is 23.2 Å². The van der Waals surface area contributed by atoms with Crippen LogP contribution < -0.4 is 5.32 Å². The van der Waals surface area contributed by atoms with Gasteiger partial charge in [0.1, 0.15) is 5.52 Å². The van der Waals surface area contributed by atoms with Crippen molar-refractivity contribution in [2.24, 2.45) is 5.41 Å². The molecule has 0 saturated heterocycles. The molecule has 0 amide bonds. The largest absolute Gasteiger partial charge is 0.441 e. The summed E-state index contributed by atoms with van der Waals surface area (Å²) in [6, 6.07) is 5.90. The zero-order valence-corrected chi connectivity index (χ0v) is 9.86. The molecule has 0 bridgehead atoms. The lowest BCUT2D eigenvalue weighted by Gasteiger charge is -2.13. The summed E-state index contributed by atoms with van der Waals surface area (Å²) in [5.41, 5.74) is 2.84. The zero-order chi connectivity index (χ0) is 11.9. The summed E-state index contributed by atoms with van der Waals surface area (Å²) < 4.78 is 5.42. The first-order valence-corrected chi connectivity index (χ1v) is 5.93. The van der Waals surface area contributed by atoms with Crippen molar-refractivity contribution < 1.29 is 9.52 Å². The number of benzene rings is 1. The zero-order valence-electron chi connectivity index (χ0n) is 9.86. The van der Waals surface area contributed by atoms with Crippen LogP contribution in [0.4, 0.5) is 5.69 Å². The van der Waals surface area contributed by atoms with Crippen molar-refractivity contribution in [1.82, 2.24) is 4.98 Å². The van der Waals surface area contributed by atoms with E-state index in [0.29, 0.717) is 5.89 Å². The molecule has 1 saturated carbocycles. The van der Waals surface area contributed by atoms with E-state index in [1.165, 1.54) is 0 Å². The molecule has 0 radical (unpaired) electrons. The summed E-state index contributed by atoms with van der Waals surface area (Å²) in [6.45, 7) is 2.94. The molecule has 4 heteroatoms. The molecule has 2 N–H and O–H groups in total. The number of oxazole rings is 1. The van der Waals surface area contributed by atoms with Crippen molar-refractivity contribution in [1.29, 1.82) is 0 Å². The van der Waals surface area contributed by atoms with E-state index in [1.54, 1.807) is 0 Å². The Bertz CT molecular complexity index is 543. The molecule has 1 aromatic carbocycles. The second-order valence-corrected chi connectivity index (χ2v) is 4.93. The van der Waals surface area contributed by atoms with Crippen molar-refractivity contribution >= 4 is 16.8 Å². The maximum atomic E-state index is 9.24. The average molecular weight is 232 g/mol. The van der Waals surface area contributed by atoms with Crippen molar-refractivity contribution in [3.8, 4) is 0 Å². The number of hydrogen-bond acceptors (Lipinski definition) is 4. The fraction of sp³-hybridized carbons (Fsp3) is 0.462. The summed E-state index contributed by atoms with van der Waals surface area (Å²) in [5, 5.41) is 12.6. The third-order valence-corrected chi connectivity index (χ3v) is 3.45. The molecule has 2 aromatic rings. The minimum absolute atomic E-state index is 0.120. The Hall–Kier alpha value is -1.55. The van der Waals surface area contributed by atoms with Gasteiger partial charge in [0.15, 0.2) is 11.5 Å². The van der Waals surface area contributed by atoms with Gasteiger partial charge in [-0.05, 0) is 31.0 Å². The Morgan fingerprint density at radius 3 is 3.00 bits per heavy atom. The molecule has 0 unspecified atom stereocenters. The van der Waals surface area contributed by atoms with Gasteiger partial charge in [-0.25, -0.2) is 4.98 Å². The SMILES string of the molecule is Cc1nc2cc(NCC3(CO)CC3)ccc2o1. The van der Waals surface area contributed by atoms with E-state index in [1.807, 2.05) is 25.1 Å². The van der Waals surface area contributed by atoms with Crippen LogP contribution in [0.15, 0.2) is 22.6 Å². The molecule has 1 aliphatic rings. The molecule has 1 fully saturated rings. The van der Waals surface area contributed by atoms with Gasteiger partial charge in [-0.1, -0.05) is 0 Å². The maximum Gasteiger partial charge on any atom is 0.192 e. The number of nitrogens with one attached hydrogen (secondary N) is 1. The first kappa shape index (κ1) is 10.6. The molecule has 3 rings (SSSR count). The van der Waals surface area contributed by atoms with Gasteiger partial charge in [0.05, 0.1) is 6.61 Å². The third kappa shape index (κ3) is 2.00. The number of nitrogens with zero attached hydrogens (tertiary/aromatic N) is 1. The first-order chi connectivity index (χ1) is 8.21. The minimum atomic E-state index is 0.120. The van der Waals surface area contributed by atoms with Crippen molar-refractivity contribution in [2.75, 3.05) is 18.5 Å². The molecule has 1 aromatic heterocycles. The van der Waals surface area contributed by atoms with Crippen LogP contribution in [0.2, 0.25) is 0 Å². The van der Waals surface area contributed by atoms with Gasteiger partial charge in [-0.2, -0.15) is 0 Å². The van der Waals surface area contributed by atoms with Gasteiger partial charge < -0.3 is 14.8 Å². The Morgan fingerprint density at radius 1 is 1.47 bits per heavy atom. The molecule has 0 spiro atoms. The highest BCUT2D eigenvalue weighted by Crippen LogP contribution is 2.44. The summed E-state index contributed by atoms with van der Waals surface area (Å²) >= 11 is 0. The van der Waals surface area contributed by atoms with E-state index in [0.717, 1.165) is 36.2 Å². The normalized spacial score (nSPS) is 17.3. The quantitative estimate of drug-likeness (QED) is 0.849. The second-order valence-electron chi connectivity index (χ2n) is 4.93. The Labute approximate surface area is 99.7 Å². The fourth-order valence-corrected chi connectivity index (χ4v) is 2.01.